The number of carbonyl (C=O) groups is 1. The summed E-state index contributed by atoms with van der Waals surface area (Å²) < 4.78 is 0. The van der Waals surface area contributed by atoms with Crippen molar-refractivity contribution in [3.63, 3.8) is 0 Å². The van der Waals surface area contributed by atoms with Gasteiger partial charge in [0.2, 0.25) is 5.91 Å². The summed E-state index contributed by atoms with van der Waals surface area (Å²) in [5.74, 6) is 0.722. The average molecular weight is 293 g/mol. The van der Waals surface area contributed by atoms with Crippen LogP contribution in [0.1, 0.15) is 37.7 Å². The summed E-state index contributed by atoms with van der Waals surface area (Å²) in [6.07, 6.45) is 6.01. The van der Waals surface area contributed by atoms with E-state index in [4.69, 9.17) is 11.6 Å². The number of benzene rings is 1. The van der Waals surface area contributed by atoms with Crippen LogP contribution in [0.5, 0.6) is 0 Å². The highest BCUT2D eigenvalue weighted by molar-refractivity contribution is 6.33. The Hall–Kier alpha value is -1.06. The fraction of sp³-hybridized carbons (Fsp3) is 0.562. The first-order valence-electron chi connectivity index (χ1n) is 7.46. The van der Waals surface area contributed by atoms with Crippen LogP contribution in [0.15, 0.2) is 18.2 Å². The van der Waals surface area contributed by atoms with Crippen molar-refractivity contribution in [3.8, 4) is 0 Å². The number of carbonyl (C=O) groups excluding carboxylic acids is 1. The van der Waals surface area contributed by atoms with Gasteiger partial charge in [-0.3, -0.25) is 4.79 Å². The minimum Gasteiger partial charge on any atom is -0.323 e. The van der Waals surface area contributed by atoms with E-state index in [-0.39, 0.29) is 11.9 Å². The molecule has 1 saturated carbocycles. The number of aryl methyl sites for hydroxylation is 1. The maximum Gasteiger partial charge on any atom is 0.241 e. The summed E-state index contributed by atoms with van der Waals surface area (Å²) in [5, 5.41) is 7.06. The maximum atomic E-state index is 12.4. The number of hydrogen-bond acceptors (Lipinski definition) is 2. The first-order chi connectivity index (χ1) is 9.63. The van der Waals surface area contributed by atoms with E-state index < -0.39 is 0 Å². The van der Waals surface area contributed by atoms with Crippen LogP contribution in [-0.2, 0) is 4.79 Å². The third kappa shape index (κ3) is 2.84. The molecule has 1 aliphatic carbocycles. The van der Waals surface area contributed by atoms with E-state index in [1.54, 1.807) is 0 Å². The zero-order chi connectivity index (χ0) is 14.1. The van der Waals surface area contributed by atoms with Crippen LogP contribution in [0, 0.1) is 12.8 Å². The molecule has 3 nitrogen and oxygen atoms in total. The fourth-order valence-electron chi connectivity index (χ4n) is 3.48. The Balaban J connectivity index is 1.66. The normalized spacial score (nSPS) is 29.0. The molecule has 3 unspecified atom stereocenters. The Morgan fingerprint density at radius 1 is 1.35 bits per heavy atom. The minimum atomic E-state index is -0.0697. The summed E-state index contributed by atoms with van der Waals surface area (Å²) in [4.78, 5) is 12.4. The lowest BCUT2D eigenvalue weighted by Crippen LogP contribution is -2.39. The molecule has 2 fully saturated rings. The van der Waals surface area contributed by atoms with Gasteiger partial charge in [0, 0.05) is 6.04 Å². The van der Waals surface area contributed by atoms with Gasteiger partial charge >= 0.3 is 0 Å². The number of nitrogens with one attached hydrogen (secondary N) is 2. The van der Waals surface area contributed by atoms with Crippen molar-refractivity contribution < 1.29 is 4.79 Å². The summed E-state index contributed by atoms with van der Waals surface area (Å²) in [7, 11) is 0. The van der Waals surface area contributed by atoms with Gasteiger partial charge in [-0.2, -0.15) is 0 Å². The van der Waals surface area contributed by atoms with Gasteiger partial charge in [-0.25, -0.2) is 0 Å². The number of fused-ring (bicyclic) bond motifs is 1. The molecular formula is C16H21ClN2O. The topological polar surface area (TPSA) is 41.1 Å². The predicted octanol–water partition coefficient (Wildman–Crippen LogP) is 3.51. The van der Waals surface area contributed by atoms with Crippen molar-refractivity contribution in [3.05, 3.63) is 28.8 Å². The maximum absolute atomic E-state index is 12.4. The molecule has 0 bridgehead atoms. The second kappa shape index (κ2) is 5.74. The zero-order valence-electron chi connectivity index (χ0n) is 11.8. The van der Waals surface area contributed by atoms with Crippen LogP contribution >= 0.6 is 11.6 Å². The van der Waals surface area contributed by atoms with E-state index >= 15 is 0 Å². The molecule has 3 rings (SSSR count). The van der Waals surface area contributed by atoms with E-state index in [0.717, 1.165) is 12.0 Å². The highest BCUT2D eigenvalue weighted by Gasteiger charge is 2.38. The molecule has 1 aliphatic heterocycles. The van der Waals surface area contributed by atoms with E-state index in [0.29, 0.717) is 22.7 Å². The lowest BCUT2D eigenvalue weighted by atomic mass is 9.85. The van der Waals surface area contributed by atoms with Crippen molar-refractivity contribution >= 4 is 23.2 Å². The zero-order valence-corrected chi connectivity index (χ0v) is 12.5. The largest absolute Gasteiger partial charge is 0.323 e. The first kappa shape index (κ1) is 13.9. The van der Waals surface area contributed by atoms with Gasteiger partial charge in [-0.05, 0) is 49.8 Å². The van der Waals surface area contributed by atoms with Crippen LogP contribution in [0.3, 0.4) is 0 Å². The van der Waals surface area contributed by atoms with Gasteiger partial charge in [-0.1, -0.05) is 30.5 Å². The highest BCUT2D eigenvalue weighted by Crippen LogP contribution is 2.33. The smallest absolute Gasteiger partial charge is 0.241 e. The third-order valence-corrected chi connectivity index (χ3v) is 4.89. The van der Waals surface area contributed by atoms with Crippen LogP contribution in [-0.4, -0.2) is 18.0 Å². The Bertz CT molecular complexity index is 503. The fourth-order valence-corrected chi connectivity index (χ4v) is 3.64. The van der Waals surface area contributed by atoms with Gasteiger partial charge in [0.1, 0.15) is 0 Å². The molecular weight excluding hydrogens is 272 g/mol. The van der Waals surface area contributed by atoms with Gasteiger partial charge in [0.15, 0.2) is 0 Å². The molecule has 3 atom stereocenters. The highest BCUT2D eigenvalue weighted by atomic mass is 35.5. The molecule has 0 aromatic heterocycles. The van der Waals surface area contributed by atoms with E-state index in [1.165, 1.54) is 25.7 Å². The van der Waals surface area contributed by atoms with Gasteiger partial charge < -0.3 is 10.6 Å². The van der Waals surface area contributed by atoms with Crippen LogP contribution in [0.4, 0.5) is 5.69 Å². The standard InChI is InChI=1S/C16H21ClN2O/c1-10-6-7-12(17)14(8-10)19-16(20)15-9-11-4-2-3-5-13(11)18-15/h6-8,11,13,15,18H,2-5,9H2,1H3,(H,19,20). The molecule has 2 aliphatic rings. The summed E-state index contributed by atoms with van der Waals surface area (Å²) in [6.45, 7) is 1.99. The number of anilines is 1. The van der Waals surface area contributed by atoms with Gasteiger partial charge in [0.05, 0.1) is 16.8 Å². The number of amides is 1. The molecule has 20 heavy (non-hydrogen) atoms. The Morgan fingerprint density at radius 3 is 2.95 bits per heavy atom. The van der Waals surface area contributed by atoms with Crippen molar-refractivity contribution in [2.24, 2.45) is 5.92 Å². The van der Waals surface area contributed by atoms with Crippen LogP contribution in [0.25, 0.3) is 0 Å². The second-order valence-corrected chi connectivity index (χ2v) is 6.49. The van der Waals surface area contributed by atoms with Crippen molar-refractivity contribution in [2.75, 3.05) is 5.32 Å². The van der Waals surface area contributed by atoms with E-state index in [2.05, 4.69) is 10.6 Å². The molecule has 1 saturated heterocycles. The monoisotopic (exact) mass is 292 g/mol. The first-order valence-corrected chi connectivity index (χ1v) is 7.84. The van der Waals surface area contributed by atoms with E-state index in [9.17, 15) is 4.79 Å². The SMILES string of the molecule is Cc1ccc(Cl)c(NC(=O)C2CC3CCCCC3N2)c1. The summed E-state index contributed by atoms with van der Waals surface area (Å²) in [6, 6.07) is 6.16. The molecule has 0 radical (unpaired) electrons. The Morgan fingerprint density at radius 2 is 2.15 bits per heavy atom. The lowest BCUT2D eigenvalue weighted by molar-refractivity contribution is -0.117. The average Bonchev–Trinajstić information content (AvgIpc) is 2.87. The molecule has 1 aromatic carbocycles. The quantitative estimate of drug-likeness (QED) is 0.876. The number of hydrogen-bond donors (Lipinski definition) is 2. The van der Waals surface area contributed by atoms with Crippen molar-refractivity contribution in [2.45, 2.75) is 51.1 Å². The van der Waals surface area contributed by atoms with Crippen molar-refractivity contribution in [1.29, 1.82) is 0 Å². The molecule has 2 N–H and O–H groups in total. The van der Waals surface area contributed by atoms with Crippen LogP contribution < -0.4 is 10.6 Å². The van der Waals surface area contributed by atoms with Crippen molar-refractivity contribution in [1.82, 2.24) is 5.32 Å². The van der Waals surface area contributed by atoms with Gasteiger partial charge in [-0.15, -0.1) is 0 Å². The Labute approximate surface area is 125 Å². The third-order valence-electron chi connectivity index (χ3n) is 4.56. The molecule has 1 aromatic rings. The summed E-state index contributed by atoms with van der Waals surface area (Å²) in [5.41, 5.74) is 1.81. The molecule has 1 heterocycles. The lowest BCUT2D eigenvalue weighted by Gasteiger charge is -2.24. The van der Waals surface area contributed by atoms with Gasteiger partial charge in [0.25, 0.3) is 0 Å². The molecule has 0 spiro atoms. The van der Waals surface area contributed by atoms with E-state index in [1.807, 2.05) is 25.1 Å². The predicted molar refractivity (Wildman–Crippen MR) is 82.1 cm³/mol. The Kier molecular flexibility index (Phi) is 3.99. The second-order valence-electron chi connectivity index (χ2n) is 6.08. The molecule has 1 amide bonds. The summed E-state index contributed by atoms with van der Waals surface area (Å²) >= 11 is 6.13. The molecule has 4 heteroatoms. The minimum absolute atomic E-state index is 0.0481. The molecule has 108 valence electrons. The number of halogens is 1. The van der Waals surface area contributed by atoms with Crippen LogP contribution in [0.2, 0.25) is 5.02 Å². The number of rotatable bonds is 2.